The fraction of sp³-hybridized carbons (Fsp3) is 0.462. The normalized spacial score (nSPS) is 11.8. The minimum Gasteiger partial charge on any atom is -0.356 e. The van der Waals surface area contributed by atoms with E-state index in [0.717, 1.165) is 30.0 Å². The Labute approximate surface area is 144 Å². The molecule has 2 N–H and O–H groups in total. The Balaban J connectivity index is 0.00000400. The van der Waals surface area contributed by atoms with Crippen LogP contribution in [-0.2, 0) is 12.7 Å². The molecule has 1 aromatic carbocycles. The maximum Gasteiger partial charge on any atom is 0.416 e. The first-order valence-electron chi connectivity index (χ1n) is 6.07. The first-order chi connectivity index (χ1) is 9.47. The van der Waals surface area contributed by atoms with Gasteiger partial charge in [0.2, 0.25) is 0 Å². The van der Waals surface area contributed by atoms with Crippen molar-refractivity contribution in [3.63, 3.8) is 0 Å². The molecule has 1 aromatic rings. The number of aliphatic imine (C=N–C) groups is 1. The van der Waals surface area contributed by atoms with Gasteiger partial charge >= 0.3 is 6.18 Å². The minimum atomic E-state index is -4.29. The molecule has 0 radical (unpaired) electrons. The highest BCUT2D eigenvalue weighted by Gasteiger charge is 2.29. The molecule has 0 saturated heterocycles. The summed E-state index contributed by atoms with van der Waals surface area (Å²) in [5.74, 6) is 1.60. The molecule has 0 saturated carbocycles. The van der Waals surface area contributed by atoms with E-state index in [2.05, 4.69) is 15.6 Å². The zero-order chi connectivity index (χ0) is 15.0. The molecule has 0 aromatic heterocycles. The van der Waals surface area contributed by atoms with E-state index in [1.54, 1.807) is 18.8 Å². The van der Waals surface area contributed by atoms with E-state index in [1.165, 1.54) is 12.1 Å². The maximum atomic E-state index is 12.4. The molecule has 0 atom stereocenters. The largest absolute Gasteiger partial charge is 0.416 e. The second kappa shape index (κ2) is 10.1. The third kappa shape index (κ3) is 7.79. The van der Waals surface area contributed by atoms with Gasteiger partial charge in [0.1, 0.15) is 0 Å². The van der Waals surface area contributed by atoms with Crippen LogP contribution < -0.4 is 10.6 Å². The van der Waals surface area contributed by atoms with E-state index in [0.29, 0.717) is 12.5 Å². The van der Waals surface area contributed by atoms with Crippen LogP contribution >= 0.6 is 35.7 Å². The van der Waals surface area contributed by atoms with Crippen molar-refractivity contribution in [3.8, 4) is 0 Å². The Bertz CT molecular complexity index is 435. The molecule has 0 spiro atoms. The number of nitrogens with zero attached hydrogens (tertiary/aromatic N) is 1. The first-order valence-corrected chi connectivity index (χ1v) is 7.46. The van der Waals surface area contributed by atoms with E-state index in [1.807, 2.05) is 6.26 Å². The Morgan fingerprint density at radius 3 is 2.29 bits per heavy atom. The standard InChI is InChI=1S/C13H18F3N3S.HI/c1-17-12(18-7-8-20-2)19-9-10-3-5-11(6-4-10)13(14,15)16;/h3-6H,7-9H2,1-2H3,(H2,17,18,19);1H. The van der Waals surface area contributed by atoms with Gasteiger partial charge in [-0.1, -0.05) is 12.1 Å². The predicted molar refractivity (Wildman–Crippen MR) is 93.4 cm³/mol. The highest BCUT2D eigenvalue weighted by Crippen LogP contribution is 2.28. The van der Waals surface area contributed by atoms with Crippen molar-refractivity contribution in [2.24, 2.45) is 4.99 Å². The molecular formula is C13H19F3IN3S. The third-order valence-electron chi connectivity index (χ3n) is 2.56. The summed E-state index contributed by atoms with van der Waals surface area (Å²) in [6.45, 7) is 1.21. The third-order valence-corrected chi connectivity index (χ3v) is 3.18. The van der Waals surface area contributed by atoms with Crippen molar-refractivity contribution in [2.45, 2.75) is 12.7 Å². The summed E-state index contributed by atoms with van der Waals surface area (Å²) in [4.78, 5) is 4.04. The van der Waals surface area contributed by atoms with Crippen LogP contribution in [0.4, 0.5) is 13.2 Å². The van der Waals surface area contributed by atoms with Crippen LogP contribution in [0.3, 0.4) is 0 Å². The molecule has 8 heteroatoms. The Kier molecular flexibility index (Phi) is 9.84. The monoisotopic (exact) mass is 433 g/mol. The molecule has 0 amide bonds. The molecule has 0 heterocycles. The molecule has 21 heavy (non-hydrogen) atoms. The van der Waals surface area contributed by atoms with Crippen molar-refractivity contribution in [1.29, 1.82) is 0 Å². The topological polar surface area (TPSA) is 36.4 Å². The number of alkyl halides is 3. The van der Waals surface area contributed by atoms with Crippen molar-refractivity contribution < 1.29 is 13.2 Å². The summed E-state index contributed by atoms with van der Waals surface area (Å²) in [5, 5.41) is 6.17. The lowest BCUT2D eigenvalue weighted by Gasteiger charge is -2.12. The van der Waals surface area contributed by atoms with Gasteiger partial charge in [0.25, 0.3) is 0 Å². The summed E-state index contributed by atoms with van der Waals surface area (Å²) in [6, 6.07) is 5.10. The van der Waals surface area contributed by atoms with Crippen molar-refractivity contribution in [2.75, 3.05) is 25.6 Å². The number of rotatable bonds is 5. The lowest BCUT2D eigenvalue weighted by atomic mass is 10.1. The van der Waals surface area contributed by atoms with Crippen molar-refractivity contribution >= 4 is 41.7 Å². The lowest BCUT2D eigenvalue weighted by molar-refractivity contribution is -0.137. The molecule has 1 rings (SSSR count). The second-order valence-electron chi connectivity index (χ2n) is 4.04. The quantitative estimate of drug-likeness (QED) is 0.324. The molecular weight excluding hydrogens is 414 g/mol. The van der Waals surface area contributed by atoms with Crippen molar-refractivity contribution in [3.05, 3.63) is 35.4 Å². The zero-order valence-corrected chi connectivity index (χ0v) is 15.0. The average molecular weight is 433 g/mol. The minimum absolute atomic E-state index is 0. The Hall–Kier alpha value is -0.640. The van der Waals surface area contributed by atoms with Crippen LogP contribution in [0.25, 0.3) is 0 Å². The fourth-order valence-electron chi connectivity index (χ4n) is 1.49. The summed E-state index contributed by atoms with van der Waals surface area (Å²) < 4.78 is 37.2. The highest BCUT2D eigenvalue weighted by molar-refractivity contribution is 14.0. The lowest BCUT2D eigenvalue weighted by Crippen LogP contribution is -2.37. The molecule has 0 unspecified atom stereocenters. The van der Waals surface area contributed by atoms with E-state index in [4.69, 9.17) is 0 Å². The summed E-state index contributed by atoms with van der Waals surface area (Å²) in [7, 11) is 1.65. The van der Waals surface area contributed by atoms with E-state index in [-0.39, 0.29) is 24.0 Å². The fourth-order valence-corrected chi connectivity index (χ4v) is 1.80. The molecule has 0 aliphatic rings. The number of thioether (sulfide) groups is 1. The van der Waals surface area contributed by atoms with Gasteiger partial charge in [0.15, 0.2) is 5.96 Å². The number of benzene rings is 1. The molecule has 3 nitrogen and oxygen atoms in total. The van der Waals surface area contributed by atoms with E-state index < -0.39 is 11.7 Å². The number of guanidine groups is 1. The van der Waals surface area contributed by atoms with E-state index >= 15 is 0 Å². The Morgan fingerprint density at radius 2 is 1.81 bits per heavy atom. The number of hydrogen-bond acceptors (Lipinski definition) is 2. The summed E-state index contributed by atoms with van der Waals surface area (Å²) >= 11 is 1.72. The number of halogens is 4. The van der Waals surface area contributed by atoms with Crippen LogP contribution in [0, 0.1) is 0 Å². The average Bonchev–Trinajstić information content (AvgIpc) is 2.42. The van der Waals surface area contributed by atoms with Gasteiger partial charge < -0.3 is 10.6 Å². The van der Waals surface area contributed by atoms with Gasteiger partial charge in [-0.2, -0.15) is 24.9 Å². The first kappa shape index (κ1) is 20.4. The number of hydrogen-bond donors (Lipinski definition) is 2. The van der Waals surface area contributed by atoms with Crippen LogP contribution in [-0.4, -0.2) is 31.6 Å². The number of nitrogens with one attached hydrogen (secondary N) is 2. The van der Waals surface area contributed by atoms with Crippen LogP contribution in [0.1, 0.15) is 11.1 Å². The van der Waals surface area contributed by atoms with Crippen LogP contribution in [0.5, 0.6) is 0 Å². The van der Waals surface area contributed by atoms with Gasteiger partial charge in [0, 0.05) is 25.9 Å². The summed E-state index contributed by atoms with van der Waals surface area (Å²) in [6.07, 6.45) is -2.28. The second-order valence-corrected chi connectivity index (χ2v) is 5.03. The molecule has 0 bridgehead atoms. The predicted octanol–water partition coefficient (Wildman–Crippen LogP) is 3.35. The van der Waals surface area contributed by atoms with Gasteiger partial charge in [-0.15, -0.1) is 24.0 Å². The van der Waals surface area contributed by atoms with Crippen LogP contribution in [0.15, 0.2) is 29.3 Å². The highest BCUT2D eigenvalue weighted by atomic mass is 127. The van der Waals surface area contributed by atoms with Gasteiger partial charge in [-0.05, 0) is 24.0 Å². The molecule has 0 fully saturated rings. The van der Waals surface area contributed by atoms with E-state index in [9.17, 15) is 13.2 Å². The Morgan fingerprint density at radius 1 is 1.19 bits per heavy atom. The maximum absolute atomic E-state index is 12.4. The zero-order valence-electron chi connectivity index (χ0n) is 11.8. The van der Waals surface area contributed by atoms with Crippen molar-refractivity contribution in [1.82, 2.24) is 10.6 Å². The van der Waals surface area contributed by atoms with Gasteiger partial charge in [-0.25, -0.2) is 0 Å². The summed E-state index contributed by atoms with van der Waals surface area (Å²) in [5.41, 5.74) is 0.134. The SMILES string of the molecule is CN=C(NCCSC)NCc1ccc(C(F)(F)F)cc1.I. The smallest absolute Gasteiger partial charge is 0.356 e. The molecule has 120 valence electrons. The van der Waals surface area contributed by atoms with Crippen LogP contribution in [0.2, 0.25) is 0 Å². The van der Waals surface area contributed by atoms with Gasteiger partial charge in [-0.3, -0.25) is 4.99 Å². The molecule has 0 aliphatic heterocycles. The van der Waals surface area contributed by atoms with Gasteiger partial charge in [0.05, 0.1) is 5.56 Å². The molecule has 0 aliphatic carbocycles.